The first-order chi connectivity index (χ1) is 12.0. The Balaban J connectivity index is 1.64. The number of carbonyl (C=O) groups is 1. The SMILES string of the molecule is Cc1nc(NC[C@H]2CC(=O)N(C)c3ccccc32)c2nc(C)oc2n1. The minimum atomic E-state index is 0.0817. The Morgan fingerprint density at radius 2 is 2.04 bits per heavy atom. The summed E-state index contributed by atoms with van der Waals surface area (Å²) < 4.78 is 5.51. The Labute approximate surface area is 145 Å². The number of carbonyl (C=O) groups excluding carboxylic acids is 1. The van der Waals surface area contributed by atoms with E-state index in [2.05, 4.69) is 26.3 Å². The quantitative estimate of drug-likeness (QED) is 0.791. The standard InChI is InChI=1S/C18H19N5O2/c1-10-20-17(16-18(21-10)25-11(2)22-16)19-9-12-8-15(24)23(3)14-7-5-4-6-13(12)14/h4-7,12H,8-9H2,1-3H3,(H,19,20,21)/t12-/m1/s1. The summed E-state index contributed by atoms with van der Waals surface area (Å²) in [6.45, 7) is 4.19. The highest BCUT2D eigenvalue weighted by Crippen LogP contribution is 2.35. The number of anilines is 2. The van der Waals surface area contributed by atoms with Crippen LogP contribution in [0.3, 0.4) is 0 Å². The Morgan fingerprint density at radius 3 is 2.88 bits per heavy atom. The van der Waals surface area contributed by atoms with Gasteiger partial charge >= 0.3 is 0 Å². The zero-order chi connectivity index (χ0) is 17.6. The van der Waals surface area contributed by atoms with Crippen LogP contribution in [0.15, 0.2) is 28.7 Å². The maximum Gasteiger partial charge on any atom is 0.252 e. The van der Waals surface area contributed by atoms with E-state index < -0.39 is 0 Å². The van der Waals surface area contributed by atoms with Crippen molar-refractivity contribution in [3.63, 3.8) is 0 Å². The Kier molecular flexibility index (Phi) is 3.63. The first-order valence-electron chi connectivity index (χ1n) is 8.24. The number of nitrogens with one attached hydrogen (secondary N) is 1. The van der Waals surface area contributed by atoms with Crippen molar-refractivity contribution in [3.8, 4) is 0 Å². The van der Waals surface area contributed by atoms with Crippen molar-refractivity contribution >= 4 is 28.6 Å². The summed E-state index contributed by atoms with van der Waals surface area (Å²) in [6, 6.07) is 8.01. The first kappa shape index (κ1) is 15.6. The molecule has 1 N–H and O–H groups in total. The topological polar surface area (TPSA) is 84.2 Å². The van der Waals surface area contributed by atoms with Crippen LogP contribution in [-0.4, -0.2) is 34.5 Å². The number of amides is 1. The summed E-state index contributed by atoms with van der Waals surface area (Å²) in [5.74, 6) is 2.01. The van der Waals surface area contributed by atoms with E-state index in [1.54, 1.807) is 11.8 Å². The molecule has 2 aromatic heterocycles. The van der Waals surface area contributed by atoms with Gasteiger partial charge in [-0.15, -0.1) is 0 Å². The third-order valence-corrected chi connectivity index (χ3v) is 4.53. The molecule has 3 aromatic rings. The van der Waals surface area contributed by atoms with Gasteiger partial charge in [-0.2, -0.15) is 4.98 Å². The number of oxazole rings is 1. The van der Waals surface area contributed by atoms with Crippen LogP contribution in [0.4, 0.5) is 11.5 Å². The van der Waals surface area contributed by atoms with Gasteiger partial charge in [0.15, 0.2) is 17.2 Å². The summed E-state index contributed by atoms with van der Waals surface area (Å²) in [5, 5.41) is 3.34. The van der Waals surface area contributed by atoms with E-state index in [9.17, 15) is 4.79 Å². The van der Waals surface area contributed by atoms with Crippen LogP contribution in [0, 0.1) is 13.8 Å². The monoisotopic (exact) mass is 337 g/mol. The molecule has 0 aliphatic carbocycles. The van der Waals surface area contributed by atoms with E-state index in [0.717, 1.165) is 11.3 Å². The van der Waals surface area contributed by atoms with Crippen LogP contribution in [-0.2, 0) is 4.79 Å². The van der Waals surface area contributed by atoms with Gasteiger partial charge in [0.25, 0.3) is 5.71 Å². The van der Waals surface area contributed by atoms with Gasteiger partial charge in [0.05, 0.1) is 0 Å². The van der Waals surface area contributed by atoms with Crippen molar-refractivity contribution in [3.05, 3.63) is 41.5 Å². The van der Waals surface area contributed by atoms with Crippen LogP contribution in [0.1, 0.15) is 29.6 Å². The molecule has 4 rings (SSSR count). The third-order valence-electron chi connectivity index (χ3n) is 4.53. The summed E-state index contributed by atoms with van der Waals surface area (Å²) >= 11 is 0. The zero-order valence-electron chi connectivity index (χ0n) is 14.4. The number of hydrogen-bond acceptors (Lipinski definition) is 6. The van der Waals surface area contributed by atoms with Crippen molar-refractivity contribution in [2.75, 3.05) is 23.8 Å². The average Bonchev–Trinajstić information content (AvgIpc) is 2.96. The van der Waals surface area contributed by atoms with Crippen LogP contribution in [0.2, 0.25) is 0 Å². The highest BCUT2D eigenvalue weighted by molar-refractivity contribution is 5.96. The van der Waals surface area contributed by atoms with Gasteiger partial charge < -0.3 is 14.6 Å². The summed E-state index contributed by atoms with van der Waals surface area (Å²) in [6.07, 6.45) is 0.464. The Morgan fingerprint density at radius 1 is 1.24 bits per heavy atom. The number of aromatic nitrogens is 3. The minimum Gasteiger partial charge on any atom is -0.422 e. The second-order valence-electron chi connectivity index (χ2n) is 6.30. The number of rotatable bonds is 3. The minimum absolute atomic E-state index is 0.0817. The second-order valence-corrected chi connectivity index (χ2v) is 6.30. The molecule has 0 saturated heterocycles. The lowest BCUT2D eigenvalue weighted by Gasteiger charge is -2.31. The lowest BCUT2D eigenvalue weighted by Crippen LogP contribution is -2.35. The molecule has 0 unspecified atom stereocenters. The molecule has 0 radical (unpaired) electrons. The van der Waals surface area contributed by atoms with E-state index in [0.29, 0.717) is 41.7 Å². The number of aryl methyl sites for hydroxylation is 2. The van der Waals surface area contributed by atoms with E-state index in [1.165, 1.54) is 0 Å². The van der Waals surface area contributed by atoms with Gasteiger partial charge in [-0.25, -0.2) is 9.97 Å². The fraction of sp³-hybridized carbons (Fsp3) is 0.333. The molecule has 1 aromatic carbocycles. The predicted molar refractivity (Wildman–Crippen MR) is 94.8 cm³/mol. The van der Waals surface area contributed by atoms with Gasteiger partial charge in [0.1, 0.15) is 5.82 Å². The zero-order valence-corrected chi connectivity index (χ0v) is 14.4. The largest absolute Gasteiger partial charge is 0.422 e. The number of para-hydroxylation sites is 1. The molecule has 0 bridgehead atoms. The maximum absolute atomic E-state index is 12.3. The highest BCUT2D eigenvalue weighted by Gasteiger charge is 2.29. The molecule has 1 aliphatic heterocycles. The van der Waals surface area contributed by atoms with Gasteiger partial charge in [-0.3, -0.25) is 4.79 Å². The molecule has 7 heteroatoms. The maximum atomic E-state index is 12.3. The number of fused-ring (bicyclic) bond motifs is 2. The molecule has 25 heavy (non-hydrogen) atoms. The molecule has 128 valence electrons. The summed E-state index contributed by atoms with van der Waals surface area (Å²) in [7, 11) is 1.82. The van der Waals surface area contributed by atoms with Gasteiger partial charge in [-0.05, 0) is 18.6 Å². The van der Waals surface area contributed by atoms with Gasteiger partial charge in [0, 0.05) is 38.5 Å². The molecule has 0 saturated carbocycles. The molecular weight excluding hydrogens is 318 g/mol. The smallest absolute Gasteiger partial charge is 0.252 e. The van der Waals surface area contributed by atoms with Crippen molar-refractivity contribution in [1.29, 1.82) is 0 Å². The van der Waals surface area contributed by atoms with E-state index in [4.69, 9.17) is 4.42 Å². The molecule has 1 amide bonds. The third kappa shape index (κ3) is 2.71. The molecule has 0 fully saturated rings. The Hall–Kier alpha value is -2.96. The molecular formula is C18H19N5O2. The van der Waals surface area contributed by atoms with E-state index in [1.807, 2.05) is 32.2 Å². The molecule has 0 spiro atoms. The van der Waals surface area contributed by atoms with Crippen molar-refractivity contribution in [2.45, 2.75) is 26.2 Å². The molecule has 1 aliphatic rings. The fourth-order valence-electron chi connectivity index (χ4n) is 3.29. The molecule has 7 nitrogen and oxygen atoms in total. The lowest BCUT2D eigenvalue weighted by atomic mass is 9.89. The fourth-order valence-corrected chi connectivity index (χ4v) is 3.29. The molecule has 1 atom stereocenters. The van der Waals surface area contributed by atoms with Crippen LogP contribution < -0.4 is 10.2 Å². The predicted octanol–water partition coefficient (Wildman–Crippen LogP) is 2.80. The summed E-state index contributed by atoms with van der Waals surface area (Å²) in [4.78, 5) is 27.1. The highest BCUT2D eigenvalue weighted by atomic mass is 16.4. The molecule has 3 heterocycles. The van der Waals surface area contributed by atoms with E-state index >= 15 is 0 Å². The first-order valence-corrected chi connectivity index (χ1v) is 8.24. The Bertz CT molecular complexity index is 965. The second kappa shape index (κ2) is 5.84. The van der Waals surface area contributed by atoms with Crippen LogP contribution in [0.25, 0.3) is 11.2 Å². The van der Waals surface area contributed by atoms with Gasteiger partial charge in [0.2, 0.25) is 5.91 Å². The average molecular weight is 337 g/mol. The normalized spacial score (nSPS) is 17.0. The number of nitrogens with zero attached hydrogens (tertiary/aromatic N) is 4. The number of hydrogen-bond donors (Lipinski definition) is 1. The van der Waals surface area contributed by atoms with Crippen LogP contribution in [0.5, 0.6) is 0 Å². The summed E-state index contributed by atoms with van der Waals surface area (Å²) in [5.41, 5.74) is 3.23. The van der Waals surface area contributed by atoms with Crippen molar-refractivity contribution < 1.29 is 9.21 Å². The lowest BCUT2D eigenvalue weighted by molar-refractivity contribution is -0.119. The van der Waals surface area contributed by atoms with Crippen LogP contribution >= 0.6 is 0 Å². The van der Waals surface area contributed by atoms with Crippen molar-refractivity contribution in [1.82, 2.24) is 15.0 Å². The van der Waals surface area contributed by atoms with Gasteiger partial charge in [-0.1, -0.05) is 18.2 Å². The van der Waals surface area contributed by atoms with Crippen molar-refractivity contribution in [2.24, 2.45) is 0 Å². The number of benzene rings is 1. The van der Waals surface area contributed by atoms with E-state index in [-0.39, 0.29) is 11.8 Å².